The van der Waals surface area contributed by atoms with E-state index in [1.807, 2.05) is 36.2 Å². The smallest absolute Gasteiger partial charge is 0.290 e. The monoisotopic (exact) mass is 499 g/mol. The van der Waals surface area contributed by atoms with Crippen molar-refractivity contribution in [1.29, 1.82) is 0 Å². The van der Waals surface area contributed by atoms with Gasteiger partial charge in [-0.15, -0.1) is 0 Å². The molecule has 2 aliphatic heterocycles. The summed E-state index contributed by atoms with van der Waals surface area (Å²) in [6.07, 6.45) is 2.32. The van der Waals surface area contributed by atoms with E-state index < -0.39 is 6.04 Å². The van der Waals surface area contributed by atoms with E-state index in [0.717, 1.165) is 33.1 Å². The molecule has 1 N–H and O–H groups in total. The number of likely N-dealkylation sites (N-methyl/N-ethyl adjacent to an activating group) is 1. The number of carbonyl (C=O) groups excluding carboxylic acids is 2. The summed E-state index contributed by atoms with van der Waals surface area (Å²) in [6, 6.07) is 11.9. The van der Waals surface area contributed by atoms with E-state index in [9.17, 15) is 14.0 Å². The van der Waals surface area contributed by atoms with Gasteiger partial charge in [-0.05, 0) is 53.5 Å². The molecule has 188 valence electrons. The predicted octanol–water partition coefficient (Wildman–Crippen LogP) is 2.24. The molecule has 0 unspecified atom stereocenters. The predicted molar refractivity (Wildman–Crippen MR) is 135 cm³/mol. The van der Waals surface area contributed by atoms with Gasteiger partial charge in [0, 0.05) is 50.4 Å². The van der Waals surface area contributed by atoms with Crippen molar-refractivity contribution in [2.45, 2.75) is 25.4 Å². The molecule has 8 nitrogen and oxygen atoms in total. The summed E-state index contributed by atoms with van der Waals surface area (Å²) in [5.41, 5.74) is 4.92. The molecule has 0 saturated carbocycles. The highest BCUT2D eigenvalue weighted by Gasteiger charge is 2.40. The Hall–Kier alpha value is -4.27. The molecule has 3 heterocycles. The van der Waals surface area contributed by atoms with Gasteiger partial charge in [0.1, 0.15) is 18.5 Å². The molecule has 1 atom stereocenters. The van der Waals surface area contributed by atoms with Crippen LogP contribution < -0.4 is 20.9 Å². The normalized spacial score (nSPS) is 17.5. The number of hydrogen-bond acceptors (Lipinski definition) is 6. The summed E-state index contributed by atoms with van der Waals surface area (Å²) in [5, 5.41) is 4.40. The first-order chi connectivity index (χ1) is 17.9. The average molecular weight is 500 g/mol. The highest BCUT2D eigenvalue weighted by atomic mass is 19.1. The lowest BCUT2D eigenvalue weighted by atomic mass is 9.92. The first-order valence-electron chi connectivity index (χ1n) is 12.2. The number of furan rings is 1. The molecule has 6 rings (SSSR count). The second-order valence-corrected chi connectivity index (χ2v) is 9.56. The number of nitrogens with one attached hydrogen (secondary N) is 1. The van der Waals surface area contributed by atoms with E-state index >= 15 is 0 Å². The molecule has 1 aromatic heterocycles. The zero-order valence-electron chi connectivity index (χ0n) is 20.6. The van der Waals surface area contributed by atoms with Crippen molar-refractivity contribution < 1.29 is 18.4 Å². The Morgan fingerprint density at radius 1 is 1.19 bits per heavy atom. The van der Waals surface area contributed by atoms with Crippen LogP contribution in [0.5, 0.6) is 0 Å². The Balaban J connectivity index is 1.28. The fourth-order valence-corrected chi connectivity index (χ4v) is 5.52. The zero-order chi connectivity index (χ0) is 25.7. The van der Waals surface area contributed by atoms with Crippen molar-refractivity contribution in [1.82, 2.24) is 10.2 Å². The van der Waals surface area contributed by atoms with Crippen LogP contribution in [0.25, 0.3) is 5.57 Å². The number of carbonyl (C=O) groups is 2. The Morgan fingerprint density at radius 2 is 2.03 bits per heavy atom. The van der Waals surface area contributed by atoms with E-state index in [-0.39, 0.29) is 36.4 Å². The molecule has 3 aliphatic rings. The SMILES string of the molecule is CNC(=O)[C@H]1CC2=C(Cc3cccc(F)c32)CN1C(=O)c1occc1CN(C)c1ccc2c(c1)=NCN=2. The summed E-state index contributed by atoms with van der Waals surface area (Å²) in [7, 11) is 3.48. The molecule has 9 heteroatoms. The summed E-state index contributed by atoms with van der Waals surface area (Å²) < 4.78 is 20.4. The van der Waals surface area contributed by atoms with Crippen molar-refractivity contribution in [2.75, 3.05) is 32.2 Å². The maximum Gasteiger partial charge on any atom is 0.290 e. The van der Waals surface area contributed by atoms with E-state index in [1.54, 1.807) is 24.1 Å². The maximum absolute atomic E-state index is 14.7. The van der Waals surface area contributed by atoms with Gasteiger partial charge in [0.2, 0.25) is 5.91 Å². The topological polar surface area (TPSA) is 90.5 Å². The highest BCUT2D eigenvalue weighted by molar-refractivity contribution is 5.99. The van der Waals surface area contributed by atoms with Gasteiger partial charge >= 0.3 is 0 Å². The lowest BCUT2D eigenvalue weighted by molar-refractivity contribution is -0.125. The fourth-order valence-electron chi connectivity index (χ4n) is 5.52. The lowest BCUT2D eigenvalue weighted by Gasteiger charge is -2.35. The van der Waals surface area contributed by atoms with Crippen molar-refractivity contribution >= 4 is 23.1 Å². The second kappa shape index (κ2) is 8.99. The van der Waals surface area contributed by atoms with Crippen LogP contribution in [0.3, 0.4) is 0 Å². The van der Waals surface area contributed by atoms with Gasteiger partial charge in [-0.2, -0.15) is 0 Å². The third-order valence-corrected chi connectivity index (χ3v) is 7.41. The van der Waals surface area contributed by atoms with Gasteiger partial charge in [-0.1, -0.05) is 12.1 Å². The van der Waals surface area contributed by atoms with Gasteiger partial charge in [-0.3, -0.25) is 19.6 Å². The van der Waals surface area contributed by atoms with E-state index in [1.165, 1.54) is 12.3 Å². The molecule has 0 spiro atoms. The van der Waals surface area contributed by atoms with Crippen LogP contribution in [0.15, 0.2) is 68.7 Å². The number of nitrogens with zero attached hydrogens (tertiary/aromatic N) is 4. The number of anilines is 1. The number of fused-ring (bicyclic) bond motifs is 3. The summed E-state index contributed by atoms with van der Waals surface area (Å²) in [6.45, 7) is 1.11. The molecular weight excluding hydrogens is 473 g/mol. The minimum atomic E-state index is -0.764. The van der Waals surface area contributed by atoms with Gasteiger partial charge in [0.25, 0.3) is 5.91 Å². The summed E-state index contributed by atoms with van der Waals surface area (Å²) >= 11 is 0. The number of hydrogen-bond donors (Lipinski definition) is 1. The Morgan fingerprint density at radius 3 is 2.86 bits per heavy atom. The third-order valence-electron chi connectivity index (χ3n) is 7.41. The van der Waals surface area contributed by atoms with Crippen LogP contribution in [0, 0.1) is 5.82 Å². The largest absolute Gasteiger partial charge is 0.459 e. The van der Waals surface area contributed by atoms with Crippen LogP contribution in [-0.2, 0) is 17.8 Å². The fraction of sp³-hybridized carbons (Fsp3) is 0.286. The van der Waals surface area contributed by atoms with Crippen molar-refractivity contribution in [2.24, 2.45) is 9.98 Å². The molecule has 0 saturated heterocycles. The first kappa shape index (κ1) is 23.1. The highest BCUT2D eigenvalue weighted by Crippen LogP contribution is 2.42. The number of benzene rings is 2. The van der Waals surface area contributed by atoms with E-state index in [0.29, 0.717) is 30.8 Å². The number of rotatable bonds is 5. The van der Waals surface area contributed by atoms with Crippen molar-refractivity contribution in [3.8, 4) is 0 Å². The van der Waals surface area contributed by atoms with Crippen molar-refractivity contribution in [3.63, 3.8) is 0 Å². The standard InChI is InChI=1S/C28H26FN5O3/c1-30-27(35)24-12-20-18(10-16-4-3-5-21(29)25(16)20)14-34(24)28(36)26-17(8-9-37-26)13-33(2)19-6-7-22-23(11-19)32-15-31-22/h3-9,11,24H,10,12-15H2,1-2H3,(H,30,35)/t24-/m1/s1. The zero-order valence-corrected chi connectivity index (χ0v) is 20.6. The van der Waals surface area contributed by atoms with Gasteiger partial charge in [0.05, 0.1) is 17.0 Å². The molecule has 0 radical (unpaired) electrons. The van der Waals surface area contributed by atoms with E-state index in [4.69, 9.17) is 4.42 Å². The van der Waals surface area contributed by atoms with Gasteiger partial charge in [0.15, 0.2) is 5.76 Å². The minimum absolute atomic E-state index is 0.201. The van der Waals surface area contributed by atoms with Gasteiger partial charge < -0.3 is 19.5 Å². The molecule has 0 bridgehead atoms. The molecule has 3 aromatic rings. The van der Waals surface area contributed by atoms with Crippen LogP contribution >= 0.6 is 0 Å². The molecule has 2 aromatic carbocycles. The number of amides is 2. The quantitative estimate of drug-likeness (QED) is 0.583. The Labute approximate surface area is 212 Å². The molecule has 2 amide bonds. The number of halogens is 1. The van der Waals surface area contributed by atoms with Crippen LogP contribution in [0.1, 0.15) is 33.7 Å². The molecule has 0 fully saturated rings. The van der Waals surface area contributed by atoms with Crippen LogP contribution in [-0.4, -0.2) is 50.1 Å². The van der Waals surface area contributed by atoms with E-state index in [2.05, 4.69) is 15.3 Å². The minimum Gasteiger partial charge on any atom is -0.459 e. The second-order valence-electron chi connectivity index (χ2n) is 9.56. The summed E-state index contributed by atoms with van der Waals surface area (Å²) in [5.74, 6) is -0.732. The average Bonchev–Trinajstić information content (AvgIpc) is 3.64. The molecule has 37 heavy (non-hydrogen) atoms. The Bertz CT molecular complexity index is 1590. The molecular formula is C28H26FN5O3. The maximum atomic E-state index is 14.7. The van der Waals surface area contributed by atoms with Crippen LogP contribution in [0.2, 0.25) is 0 Å². The van der Waals surface area contributed by atoms with Crippen LogP contribution in [0.4, 0.5) is 10.1 Å². The van der Waals surface area contributed by atoms with Crippen molar-refractivity contribution in [3.05, 3.63) is 93.3 Å². The first-order valence-corrected chi connectivity index (χ1v) is 12.2. The van der Waals surface area contributed by atoms with Gasteiger partial charge in [-0.25, -0.2) is 4.39 Å². The Kier molecular flexibility index (Phi) is 5.62. The lowest BCUT2D eigenvalue weighted by Crippen LogP contribution is -2.51. The summed E-state index contributed by atoms with van der Waals surface area (Å²) in [4.78, 5) is 39.0. The molecule has 1 aliphatic carbocycles. The third kappa shape index (κ3) is 3.91.